The Morgan fingerprint density at radius 3 is 2.89 bits per heavy atom. The fourth-order valence-corrected chi connectivity index (χ4v) is 1.90. The van der Waals surface area contributed by atoms with Crippen LogP contribution in [0.5, 0.6) is 0 Å². The van der Waals surface area contributed by atoms with Gasteiger partial charge in [-0.3, -0.25) is 0 Å². The molecule has 0 fully saturated rings. The minimum Gasteiger partial charge on any atom is -0.383 e. The Bertz CT molecular complexity index is 444. The third-order valence-electron chi connectivity index (χ3n) is 2.30. The van der Waals surface area contributed by atoms with E-state index < -0.39 is 10.0 Å². The van der Waals surface area contributed by atoms with Gasteiger partial charge in [-0.25, -0.2) is 18.1 Å². The first-order chi connectivity index (χ1) is 8.53. The molecule has 104 valence electrons. The summed E-state index contributed by atoms with van der Waals surface area (Å²) >= 11 is 0. The van der Waals surface area contributed by atoms with E-state index in [4.69, 9.17) is 4.74 Å². The molecule has 1 aromatic heterocycles. The van der Waals surface area contributed by atoms with Crippen LogP contribution < -0.4 is 10.0 Å². The van der Waals surface area contributed by atoms with Crippen LogP contribution in [-0.2, 0) is 27.8 Å². The summed E-state index contributed by atoms with van der Waals surface area (Å²) in [4.78, 5) is 4.05. The minimum atomic E-state index is -3.13. The molecule has 0 aliphatic heterocycles. The Hall–Kier alpha value is -0.960. The molecular formula is C10H20N4O3S. The average molecular weight is 276 g/mol. The number of hydrogen-bond donors (Lipinski definition) is 2. The Morgan fingerprint density at radius 1 is 1.44 bits per heavy atom. The zero-order valence-electron chi connectivity index (χ0n) is 10.7. The highest BCUT2D eigenvalue weighted by atomic mass is 32.2. The fourth-order valence-electron chi connectivity index (χ4n) is 1.44. The Balaban J connectivity index is 2.35. The molecule has 0 atom stereocenters. The SMILES string of the molecule is COCCNCc1cncn1CCNS(C)(=O)=O. The summed E-state index contributed by atoms with van der Waals surface area (Å²) in [5.41, 5.74) is 1.02. The third-order valence-corrected chi connectivity index (χ3v) is 3.03. The van der Waals surface area contributed by atoms with Crippen LogP contribution in [0, 0.1) is 0 Å². The second kappa shape index (κ2) is 7.47. The lowest BCUT2D eigenvalue weighted by atomic mass is 10.4. The number of sulfonamides is 1. The molecule has 0 radical (unpaired) electrons. The van der Waals surface area contributed by atoms with E-state index in [2.05, 4.69) is 15.0 Å². The summed E-state index contributed by atoms with van der Waals surface area (Å²) in [5, 5.41) is 3.21. The lowest BCUT2D eigenvalue weighted by Crippen LogP contribution is -2.27. The van der Waals surface area contributed by atoms with Crippen LogP contribution in [0.25, 0.3) is 0 Å². The molecule has 0 unspecified atom stereocenters. The van der Waals surface area contributed by atoms with E-state index in [0.717, 1.165) is 18.5 Å². The molecule has 0 bridgehead atoms. The molecular weight excluding hydrogens is 256 g/mol. The van der Waals surface area contributed by atoms with Crippen LogP contribution in [-0.4, -0.2) is 51.0 Å². The molecule has 0 spiro atoms. The summed E-state index contributed by atoms with van der Waals surface area (Å²) in [6.45, 7) is 3.03. The average Bonchev–Trinajstić information content (AvgIpc) is 2.71. The van der Waals surface area contributed by atoms with Gasteiger partial charge in [0.25, 0.3) is 0 Å². The van der Waals surface area contributed by atoms with Gasteiger partial charge in [0.05, 0.1) is 24.9 Å². The standard InChI is InChI=1S/C10H20N4O3S/c1-17-6-4-11-7-10-8-12-9-14(10)5-3-13-18(2,15)16/h8-9,11,13H,3-7H2,1-2H3. The highest BCUT2D eigenvalue weighted by molar-refractivity contribution is 7.88. The maximum atomic E-state index is 10.9. The molecule has 18 heavy (non-hydrogen) atoms. The topological polar surface area (TPSA) is 85.2 Å². The van der Waals surface area contributed by atoms with Crippen LogP contribution in [0.15, 0.2) is 12.5 Å². The van der Waals surface area contributed by atoms with Gasteiger partial charge in [-0.1, -0.05) is 0 Å². The molecule has 2 N–H and O–H groups in total. The Labute approximate surface area is 108 Å². The van der Waals surface area contributed by atoms with Crippen LogP contribution in [0.2, 0.25) is 0 Å². The fraction of sp³-hybridized carbons (Fsp3) is 0.700. The summed E-state index contributed by atoms with van der Waals surface area (Å²) in [5.74, 6) is 0. The van der Waals surface area contributed by atoms with Crippen molar-refractivity contribution in [3.63, 3.8) is 0 Å². The maximum absolute atomic E-state index is 10.9. The van der Waals surface area contributed by atoms with E-state index in [1.54, 1.807) is 19.6 Å². The number of imidazole rings is 1. The van der Waals surface area contributed by atoms with Gasteiger partial charge in [-0.15, -0.1) is 0 Å². The van der Waals surface area contributed by atoms with Gasteiger partial charge in [0, 0.05) is 39.5 Å². The van der Waals surface area contributed by atoms with E-state index >= 15 is 0 Å². The first-order valence-electron chi connectivity index (χ1n) is 5.66. The highest BCUT2D eigenvalue weighted by Crippen LogP contribution is 1.98. The molecule has 1 aromatic rings. The third kappa shape index (κ3) is 6.10. The van der Waals surface area contributed by atoms with Crippen molar-refractivity contribution in [2.24, 2.45) is 0 Å². The summed E-state index contributed by atoms with van der Waals surface area (Å²) in [6.07, 6.45) is 4.60. The van der Waals surface area contributed by atoms with Crippen LogP contribution in [0.1, 0.15) is 5.69 Å². The van der Waals surface area contributed by atoms with E-state index in [-0.39, 0.29) is 0 Å². The largest absolute Gasteiger partial charge is 0.383 e. The normalized spacial score (nSPS) is 11.9. The van der Waals surface area contributed by atoms with E-state index in [1.807, 2.05) is 4.57 Å². The van der Waals surface area contributed by atoms with Crippen LogP contribution in [0.3, 0.4) is 0 Å². The molecule has 1 heterocycles. The molecule has 7 nitrogen and oxygen atoms in total. The molecule has 0 saturated carbocycles. The van der Waals surface area contributed by atoms with Crippen molar-refractivity contribution < 1.29 is 13.2 Å². The second-order valence-electron chi connectivity index (χ2n) is 3.91. The second-order valence-corrected chi connectivity index (χ2v) is 5.75. The van der Waals surface area contributed by atoms with E-state index in [9.17, 15) is 8.42 Å². The van der Waals surface area contributed by atoms with Crippen molar-refractivity contribution in [3.8, 4) is 0 Å². The van der Waals surface area contributed by atoms with Gasteiger partial charge in [-0.05, 0) is 0 Å². The van der Waals surface area contributed by atoms with Crippen molar-refractivity contribution in [1.29, 1.82) is 0 Å². The van der Waals surface area contributed by atoms with Gasteiger partial charge in [0.1, 0.15) is 0 Å². The Kier molecular flexibility index (Phi) is 6.27. The van der Waals surface area contributed by atoms with E-state index in [1.165, 1.54) is 0 Å². The number of nitrogens with zero attached hydrogens (tertiary/aromatic N) is 2. The lowest BCUT2D eigenvalue weighted by Gasteiger charge is -2.09. The van der Waals surface area contributed by atoms with Crippen LogP contribution in [0.4, 0.5) is 0 Å². The summed E-state index contributed by atoms with van der Waals surface area (Å²) in [6, 6.07) is 0. The van der Waals surface area contributed by atoms with Crippen LogP contribution >= 0.6 is 0 Å². The number of nitrogens with one attached hydrogen (secondary N) is 2. The first kappa shape index (κ1) is 15.1. The van der Waals surface area contributed by atoms with Crippen molar-refractivity contribution in [2.75, 3.05) is 33.1 Å². The quantitative estimate of drug-likeness (QED) is 0.575. The Morgan fingerprint density at radius 2 is 2.22 bits per heavy atom. The molecule has 0 aliphatic carbocycles. The molecule has 0 amide bonds. The van der Waals surface area contributed by atoms with Gasteiger partial charge in [0.2, 0.25) is 10.0 Å². The van der Waals surface area contributed by atoms with Gasteiger partial charge >= 0.3 is 0 Å². The molecule has 0 saturated heterocycles. The molecule has 0 aliphatic rings. The predicted octanol–water partition coefficient (Wildman–Crippen LogP) is -0.832. The molecule has 8 heteroatoms. The lowest BCUT2D eigenvalue weighted by molar-refractivity contribution is 0.199. The number of methoxy groups -OCH3 is 1. The van der Waals surface area contributed by atoms with Gasteiger partial charge in [-0.2, -0.15) is 0 Å². The number of aromatic nitrogens is 2. The zero-order valence-corrected chi connectivity index (χ0v) is 11.5. The van der Waals surface area contributed by atoms with E-state index in [0.29, 0.717) is 26.2 Å². The number of hydrogen-bond acceptors (Lipinski definition) is 5. The van der Waals surface area contributed by atoms with Crippen molar-refractivity contribution >= 4 is 10.0 Å². The maximum Gasteiger partial charge on any atom is 0.208 e. The number of rotatable bonds is 9. The molecule has 0 aromatic carbocycles. The zero-order chi connectivity index (χ0) is 13.4. The van der Waals surface area contributed by atoms with Gasteiger partial charge < -0.3 is 14.6 Å². The smallest absolute Gasteiger partial charge is 0.208 e. The first-order valence-corrected chi connectivity index (χ1v) is 7.55. The van der Waals surface area contributed by atoms with Crippen molar-refractivity contribution in [2.45, 2.75) is 13.1 Å². The highest BCUT2D eigenvalue weighted by Gasteiger charge is 2.03. The monoisotopic (exact) mass is 276 g/mol. The summed E-state index contributed by atoms with van der Waals surface area (Å²) in [7, 11) is -1.47. The molecule has 1 rings (SSSR count). The van der Waals surface area contributed by atoms with Gasteiger partial charge in [0.15, 0.2) is 0 Å². The van der Waals surface area contributed by atoms with Crippen molar-refractivity contribution in [3.05, 3.63) is 18.2 Å². The number of ether oxygens (including phenoxy) is 1. The van der Waals surface area contributed by atoms with Crippen molar-refractivity contribution in [1.82, 2.24) is 19.6 Å². The predicted molar refractivity (Wildman–Crippen MR) is 68.7 cm³/mol. The minimum absolute atomic E-state index is 0.361. The summed E-state index contributed by atoms with van der Waals surface area (Å²) < 4.78 is 31.1.